The zero-order chi connectivity index (χ0) is 17.4. The van der Waals surface area contributed by atoms with Gasteiger partial charge in [0.15, 0.2) is 5.65 Å². The van der Waals surface area contributed by atoms with E-state index < -0.39 is 5.97 Å². The van der Waals surface area contributed by atoms with Gasteiger partial charge in [0, 0.05) is 24.0 Å². The van der Waals surface area contributed by atoms with E-state index in [2.05, 4.69) is 14.8 Å². The number of carbonyl (C=O) groups excluding carboxylic acids is 1. The number of hydrogen-bond donors (Lipinski definition) is 0. The minimum Gasteiger partial charge on any atom is -0.468 e. The molecular weight excluding hydrogens is 320 g/mol. The Labute approximate surface area is 142 Å². The van der Waals surface area contributed by atoms with Crippen molar-refractivity contribution < 1.29 is 9.53 Å². The number of nitrogens with zero attached hydrogens (tertiary/aromatic N) is 4. The molecule has 124 valence electrons. The summed E-state index contributed by atoms with van der Waals surface area (Å²) in [5.74, 6) is -0.485. The van der Waals surface area contributed by atoms with E-state index in [9.17, 15) is 9.59 Å². The van der Waals surface area contributed by atoms with Crippen LogP contribution >= 0.6 is 0 Å². The Morgan fingerprint density at radius 1 is 1.20 bits per heavy atom. The predicted molar refractivity (Wildman–Crippen MR) is 92.2 cm³/mol. The van der Waals surface area contributed by atoms with Crippen LogP contribution in [0, 0.1) is 0 Å². The van der Waals surface area contributed by atoms with Crippen molar-refractivity contribution in [1.82, 2.24) is 19.2 Å². The molecule has 7 heteroatoms. The molecule has 1 aromatic carbocycles. The van der Waals surface area contributed by atoms with Crippen LogP contribution in [0.4, 0.5) is 0 Å². The van der Waals surface area contributed by atoms with Gasteiger partial charge < -0.3 is 9.30 Å². The number of methoxy groups -OCH3 is 1. The highest BCUT2D eigenvalue weighted by Gasteiger charge is 2.12. The van der Waals surface area contributed by atoms with E-state index in [1.54, 1.807) is 16.8 Å². The maximum Gasteiger partial charge on any atom is 0.325 e. The fourth-order valence-electron chi connectivity index (χ4n) is 2.74. The lowest BCUT2D eigenvalue weighted by Gasteiger charge is -2.06. The maximum absolute atomic E-state index is 12.6. The summed E-state index contributed by atoms with van der Waals surface area (Å²) in [4.78, 5) is 28.3. The number of benzene rings is 1. The number of carbonyl (C=O) groups is 1. The van der Waals surface area contributed by atoms with Crippen LogP contribution in [0.1, 0.15) is 0 Å². The first-order valence-corrected chi connectivity index (χ1v) is 7.67. The molecular formula is C18H14N4O3. The van der Waals surface area contributed by atoms with Crippen LogP contribution in [-0.2, 0) is 16.1 Å². The maximum atomic E-state index is 12.6. The second-order valence-electron chi connectivity index (χ2n) is 5.55. The predicted octanol–water partition coefficient (Wildman–Crippen LogP) is 1.88. The molecule has 3 aromatic heterocycles. The van der Waals surface area contributed by atoms with Gasteiger partial charge in [0.2, 0.25) is 0 Å². The van der Waals surface area contributed by atoms with Crippen LogP contribution in [0.15, 0.2) is 59.7 Å². The van der Waals surface area contributed by atoms with Gasteiger partial charge in [-0.25, -0.2) is 9.50 Å². The normalized spacial score (nSPS) is 11.1. The van der Waals surface area contributed by atoms with Crippen molar-refractivity contribution in [3.63, 3.8) is 0 Å². The van der Waals surface area contributed by atoms with Crippen molar-refractivity contribution in [3.05, 3.63) is 65.2 Å². The van der Waals surface area contributed by atoms with Crippen LogP contribution in [0.5, 0.6) is 0 Å². The number of ether oxygens (including phenoxy) is 1. The molecule has 0 bridgehead atoms. The van der Waals surface area contributed by atoms with E-state index in [0.717, 1.165) is 11.3 Å². The summed E-state index contributed by atoms with van der Waals surface area (Å²) in [5.41, 5.74) is 2.73. The molecule has 0 spiro atoms. The highest BCUT2D eigenvalue weighted by molar-refractivity contribution is 5.81. The Balaban J connectivity index is 1.89. The van der Waals surface area contributed by atoms with Gasteiger partial charge in [0.05, 0.1) is 23.7 Å². The lowest BCUT2D eigenvalue weighted by molar-refractivity contribution is -0.141. The third kappa shape index (κ3) is 2.55. The molecule has 0 unspecified atom stereocenters. The first-order valence-electron chi connectivity index (χ1n) is 7.67. The van der Waals surface area contributed by atoms with Crippen molar-refractivity contribution in [3.8, 4) is 11.3 Å². The monoisotopic (exact) mass is 334 g/mol. The van der Waals surface area contributed by atoms with Crippen LogP contribution in [0.25, 0.3) is 27.8 Å². The van der Waals surface area contributed by atoms with Crippen LogP contribution in [-0.4, -0.2) is 32.2 Å². The Morgan fingerprint density at radius 3 is 2.76 bits per heavy atom. The molecule has 0 atom stereocenters. The average Bonchev–Trinajstić information content (AvgIpc) is 3.09. The van der Waals surface area contributed by atoms with Crippen LogP contribution in [0.3, 0.4) is 0 Å². The number of fused-ring (bicyclic) bond motifs is 3. The Hall–Kier alpha value is -3.48. The molecule has 4 aromatic rings. The van der Waals surface area contributed by atoms with Gasteiger partial charge in [0.25, 0.3) is 5.56 Å². The fourth-order valence-corrected chi connectivity index (χ4v) is 2.74. The van der Waals surface area contributed by atoms with E-state index in [0.29, 0.717) is 16.6 Å². The smallest absolute Gasteiger partial charge is 0.325 e. The van der Waals surface area contributed by atoms with E-state index in [4.69, 9.17) is 0 Å². The molecule has 0 saturated heterocycles. The Morgan fingerprint density at radius 2 is 2.00 bits per heavy atom. The van der Waals surface area contributed by atoms with Crippen LogP contribution in [0.2, 0.25) is 0 Å². The summed E-state index contributed by atoms with van der Waals surface area (Å²) in [5, 5.41) is 4.96. The first-order chi connectivity index (χ1) is 12.2. The fraction of sp³-hybridized carbons (Fsp3) is 0.111. The van der Waals surface area contributed by atoms with E-state index >= 15 is 0 Å². The molecule has 0 amide bonds. The van der Waals surface area contributed by atoms with Gasteiger partial charge >= 0.3 is 5.97 Å². The van der Waals surface area contributed by atoms with Crippen LogP contribution < -0.4 is 5.56 Å². The molecule has 0 N–H and O–H groups in total. The largest absolute Gasteiger partial charge is 0.468 e. The second kappa shape index (κ2) is 5.86. The lowest BCUT2D eigenvalue weighted by atomic mass is 10.2. The molecule has 0 aliphatic heterocycles. The topological polar surface area (TPSA) is 78.5 Å². The minimum atomic E-state index is -0.485. The summed E-state index contributed by atoms with van der Waals surface area (Å²) in [7, 11) is 1.29. The first kappa shape index (κ1) is 15.1. The van der Waals surface area contributed by atoms with Gasteiger partial charge in [-0.05, 0) is 6.07 Å². The molecule has 3 heterocycles. The standard InChI is InChI=1S/C18H14N4O3/c1-25-17(23)11-21-8-7-15-13(18(21)24)10-19-16-9-14(20-22(15)16)12-5-3-2-4-6-12/h2-10H,11H2,1H3. The van der Waals surface area contributed by atoms with Gasteiger partial charge in [-0.15, -0.1) is 0 Å². The summed E-state index contributed by atoms with van der Waals surface area (Å²) < 4.78 is 7.55. The molecule has 7 nitrogen and oxygen atoms in total. The minimum absolute atomic E-state index is 0.141. The zero-order valence-corrected chi connectivity index (χ0v) is 13.4. The second-order valence-corrected chi connectivity index (χ2v) is 5.55. The summed E-state index contributed by atoms with van der Waals surface area (Å²) in [6.07, 6.45) is 3.07. The van der Waals surface area contributed by atoms with Gasteiger partial charge in [0.1, 0.15) is 6.54 Å². The number of aromatic nitrogens is 4. The zero-order valence-electron chi connectivity index (χ0n) is 13.4. The van der Waals surface area contributed by atoms with Crippen molar-refractivity contribution in [2.75, 3.05) is 7.11 Å². The molecule has 0 aliphatic carbocycles. The Bertz CT molecular complexity index is 1150. The summed E-state index contributed by atoms with van der Waals surface area (Å²) >= 11 is 0. The van der Waals surface area contributed by atoms with Gasteiger partial charge in [-0.2, -0.15) is 5.10 Å². The molecule has 0 saturated carbocycles. The average molecular weight is 334 g/mol. The van der Waals surface area contributed by atoms with E-state index in [1.165, 1.54) is 17.9 Å². The molecule has 0 fully saturated rings. The number of pyridine rings is 1. The SMILES string of the molecule is COC(=O)Cn1ccc2c(cnc3cc(-c4ccccc4)nn32)c1=O. The molecule has 25 heavy (non-hydrogen) atoms. The molecule has 4 rings (SSSR count). The van der Waals surface area contributed by atoms with E-state index in [1.807, 2.05) is 36.4 Å². The van der Waals surface area contributed by atoms with E-state index in [-0.39, 0.29) is 12.1 Å². The highest BCUT2D eigenvalue weighted by atomic mass is 16.5. The molecule has 0 radical (unpaired) electrons. The lowest BCUT2D eigenvalue weighted by Crippen LogP contribution is -2.25. The summed E-state index contributed by atoms with van der Waals surface area (Å²) in [6.45, 7) is -0.141. The third-order valence-electron chi connectivity index (χ3n) is 4.02. The van der Waals surface area contributed by atoms with Crippen molar-refractivity contribution in [2.45, 2.75) is 6.54 Å². The summed E-state index contributed by atoms with van der Waals surface area (Å²) in [6, 6.07) is 13.4. The quantitative estimate of drug-likeness (QED) is 0.535. The number of esters is 1. The van der Waals surface area contributed by atoms with Crippen molar-refractivity contribution in [2.24, 2.45) is 0 Å². The molecule has 0 aliphatic rings. The van der Waals surface area contributed by atoms with Crippen molar-refractivity contribution in [1.29, 1.82) is 0 Å². The van der Waals surface area contributed by atoms with Crippen molar-refractivity contribution >= 4 is 22.5 Å². The Kier molecular flexibility index (Phi) is 3.53. The van der Waals surface area contributed by atoms with Gasteiger partial charge in [-0.1, -0.05) is 30.3 Å². The number of rotatable bonds is 3. The van der Waals surface area contributed by atoms with Gasteiger partial charge in [-0.3, -0.25) is 9.59 Å². The third-order valence-corrected chi connectivity index (χ3v) is 4.02. The highest BCUT2D eigenvalue weighted by Crippen LogP contribution is 2.20. The number of hydrogen-bond acceptors (Lipinski definition) is 5.